The molecule has 1 amide bonds. The maximum absolute atomic E-state index is 12.7. The zero-order valence-corrected chi connectivity index (χ0v) is 17.0. The van der Waals surface area contributed by atoms with Crippen molar-refractivity contribution in [3.8, 4) is 0 Å². The Bertz CT molecular complexity index is 1220. The summed E-state index contributed by atoms with van der Waals surface area (Å²) in [5.41, 5.74) is -1.18. The molecule has 1 heterocycles. The van der Waals surface area contributed by atoms with Crippen molar-refractivity contribution in [2.45, 2.75) is 19.1 Å². The Kier molecular flexibility index (Phi) is 6.72. The van der Waals surface area contributed by atoms with Gasteiger partial charge in [0.05, 0.1) is 16.0 Å². The van der Waals surface area contributed by atoms with Crippen molar-refractivity contribution in [1.29, 1.82) is 0 Å². The average molecular weight is 473 g/mol. The molecular weight excluding hydrogens is 457 g/mol. The maximum atomic E-state index is 12.7. The standard InChI is InChI=1S/C19H16ClF3N4O5/c20-12-2-4-14-16(10-12)32-18(29)26(14)8-5-17(28)25-7-6-24-13-3-1-11(19(21,22)23)9-15(13)27(30)31/h1-4,9-10,24H,5-8H2,(H,25,28). The Morgan fingerprint density at radius 3 is 2.62 bits per heavy atom. The highest BCUT2D eigenvalue weighted by atomic mass is 35.5. The van der Waals surface area contributed by atoms with E-state index in [-0.39, 0.29) is 31.7 Å². The number of amides is 1. The summed E-state index contributed by atoms with van der Waals surface area (Å²) in [6, 6.07) is 6.81. The Balaban J connectivity index is 1.52. The van der Waals surface area contributed by atoms with Gasteiger partial charge >= 0.3 is 11.9 Å². The second kappa shape index (κ2) is 9.30. The monoisotopic (exact) mass is 472 g/mol. The van der Waals surface area contributed by atoms with Crippen LogP contribution in [0.4, 0.5) is 24.5 Å². The fraction of sp³-hybridized carbons (Fsp3) is 0.263. The van der Waals surface area contributed by atoms with Gasteiger partial charge < -0.3 is 15.1 Å². The van der Waals surface area contributed by atoms with E-state index in [9.17, 15) is 32.9 Å². The first-order valence-electron chi connectivity index (χ1n) is 9.21. The summed E-state index contributed by atoms with van der Waals surface area (Å²) in [5.74, 6) is -1.03. The summed E-state index contributed by atoms with van der Waals surface area (Å²) in [5, 5.41) is 16.7. The van der Waals surface area contributed by atoms with Gasteiger partial charge in [-0.2, -0.15) is 13.2 Å². The van der Waals surface area contributed by atoms with Crippen LogP contribution in [-0.4, -0.2) is 28.5 Å². The van der Waals surface area contributed by atoms with E-state index < -0.39 is 34.0 Å². The fourth-order valence-corrected chi connectivity index (χ4v) is 3.12. The van der Waals surface area contributed by atoms with Crippen LogP contribution in [0.15, 0.2) is 45.6 Å². The Morgan fingerprint density at radius 2 is 1.94 bits per heavy atom. The number of nitrogens with one attached hydrogen (secondary N) is 2. The molecular formula is C19H16ClF3N4O5. The molecule has 0 unspecified atom stereocenters. The highest BCUT2D eigenvalue weighted by molar-refractivity contribution is 6.31. The molecule has 13 heteroatoms. The summed E-state index contributed by atoms with van der Waals surface area (Å²) < 4.78 is 44.6. The predicted molar refractivity (Wildman–Crippen MR) is 110 cm³/mol. The van der Waals surface area contributed by atoms with Crippen LogP contribution in [0.2, 0.25) is 5.02 Å². The van der Waals surface area contributed by atoms with Gasteiger partial charge in [0.2, 0.25) is 5.91 Å². The number of alkyl halides is 3. The molecule has 0 bridgehead atoms. The van der Waals surface area contributed by atoms with Gasteiger partial charge in [-0.15, -0.1) is 0 Å². The third kappa shape index (κ3) is 5.38. The molecule has 0 radical (unpaired) electrons. The molecule has 9 nitrogen and oxygen atoms in total. The van der Waals surface area contributed by atoms with Crippen LogP contribution in [0, 0.1) is 10.1 Å². The molecule has 1 aromatic heterocycles. The lowest BCUT2D eigenvalue weighted by atomic mass is 10.1. The van der Waals surface area contributed by atoms with Gasteiger partial charge in [-0.25, -0.2) is 4.79 Å². The van der Waals surface area contributed by atoms with E-state index in [4.69, 9.17) is 16.0 Å². The van der Waals surface area contributed by atoms with Crippen LogP contribution in [0.1, 0.15) is 12.0 Å². The Hall–Kier alpha value is -3.54. The fourth-order valence-electron chi connectivity index (χ4n) is 2.96. The number of hydrogen-bond acceptors (Lipinski definition) is 6. The molecule has 0 aliphatic rings. The second-order valence-electron chi connectivity index (χ2n) is 6.65. The molecule has 2 N–H and O–H groups in total. The predicted octanol–water partition coefficient (Wildman–Crippen LogP) is 3.79. The number of aryl methyl sites for hydroxylation is 1. The lowest BCUT2D eigenvalue weighted by Gasteiger charge is -2.11. The zero-order valence-electron chi connectivity index (χ0n) is 16.2. The molecule has 0 saturated carbocycles. The van der Waals surface area contributed by atoms with Gasteiger partial charge in [0.25, 0.3) is 5.69 Å². The number of rotatable bonds is 8. The first-order valence-corrected chi connectivity index (χ1v) is 9.59. The molecule has 3 rings (SSSR count). The van der Waals surface area contributed by atoms with Gasteiger partial charge in [-0.05, 0) is 24.3 Å². The van der Waals surface area contributed by atoms with E-state index in [1.807, 2.05) is 0 Å². The summed E-state index contributed by atoms with van der Waals surface area (Å²) in [7, 11) is 0. The van der Waals surface area contributed by atoms with E-state index in [1.54, 1.807) is 12.1 Å². The van der Waals surface area contributed by atoms with Crippen LogP contribution >= 0.6 is 11.6 Å². The minimum atomic E-state index is -4.70. The largest absolute Gasteiger partial charge is 0.419 e. The third-order valence-electron chi connectivity index (χ3n) is 4.48. The van der Waals surface area contributed by atoms with Gasteiger partial charge in [-0.3, -0.25) is 19.5 Å². The van der Waals surface area contributed by atoms with Crippen molar-refractivity contribution >= 4 is 40.0 Å². The van der Waals surface area contributed by atoms with Gasteiger partial charge in [0.1, 0.15) is 5.69 Å². The van der Waals surface area contributed by atoms with Crippen molar-refractivity contribution in [1.82, 2.24) is 9.88 Å². The van der Waals surface area contributed by atoms with Crippen LogP contribution in [0.3, 0.4) is 0 Å². The van der Waals surface area contributed by atoms with Crippen LogP contribution in [0.25, 0.3) is 11.1 Å². The van der Waals surface area contributed by atoms with E-state index in [2.05, 4.69) is 10.6 Å². The molecule has 0 saturated heterocycles. The summed E-state index contributed by atoms with van der Waals surface area (Å²) >= 11 is 5.85. The minimum absolute atomic E-state index is 0.0328. The number of anilines is 1. The first kappa shape index (κ1) is 23.1. The van der Waals surface area contributed by atoms with Crippen molar-refractivity contribution in [2.24, 2.45) is 0 Å². The number of halogens is 4. The van der Waals surface area contributed by atoms with Crippen LogP contribution in [-0.2, 0) is 17.5 Å². The van der Waals surface area contributed by atoms with Crippen molar-refractivity contribution in [3.63, 3.8) is 0 Å². The molecule has 0 spiro atoms. The lowest BCUT2D eigenvalue weighted by molar-refractivity contribution is -0.384. The quantitative estimate of drug-likeness (QED) is 0.292. The molecule has 0 atom stereocenters. The van der Waals surface area contributed by atoms with Crippen molar-refractivity contribution in [3.05, 3.63) is 67.6 Å². The number of oxazole rings is 1. The summed E-state index contributed by atoms with van der Waals surface area (Å²) in [6.45, 7) is 0.135. The minimum Gasteiger partial charge on any atom is -0.408 e. The third-order valence-corrected chi connectivity index (χ3v) is 4.71. The number of carbonyl (C=O) groups is 1. The van der Waals surface area contributed by atoms with Gasteiger partial charge in [0.15, 0.2) is 5.58 Å². The van der Waals surface area contributed by atoms with Crippen molar-refractivity contribution < 1.29 is 27.3 Å². The molecule has 0 fully saturated rings. The smallest absolute Gasteiger partial charge is 0.408 e. The maximum Gasteiger partial charge on any atom is 0.419 e. The summed E-state index contributed by atoms with van der Waals surface area (Å²) in [4.78, 5) is 34.1. The average Bonchev–Trinajstić information content (AvgIpc) is 3.02. The highest BCUT2D eigenvalue weighted by Crippen LogP contribution is 2.34. The van der Waals surface area contributed by atoms with Gasteiger partial charge in [-0.1, -0.05) is 11.6 Å². The number of carbonyl (C=O) groups excluding carboxylic acids is 1. The SMILES string of the molecule is O=C(CCn1c(=O)oc2cc(Cl)ccc21)NCCNc1ccc(C(F)(F)F)cc1[N+](=O)[O-]. The molecule has 3 aromatic rings. The number of nitro benzene ring substituents is 1. The van der Waals surface area contributed by atoms with Crippen molar-refractivity contribution in [2.75, 3.05) is 18.4 Å². The molecule has 2 aromatic carbocycles. The van der Waals surface area contributed by atoms with E-state index in [1.165, 1.54) is 10.6 Å². The van der Waals surface area contributed by atoms with E-state index >= 15 is 0 Å². The summed E-state index contributed by atoms with van der Waals surface area (Å²) in [6.07, 6.45) is -4.75. The molecule has 32 heavy (non-hydrogen) atoms. The zero-order chi connectivity index (χ0) is 23.5. The normalized spacial score (nSPS) is 11.5. The number of benzene rings is 2. The van der Waals surface area contributed by atoms with E-state index in [0.717, 1.165) is 12.1 Å². The Morgan fingerprint density at radius 1 is 1.19 bits per heavy atom. The first-order chi connectivity index (χ1) is 15.1. The van der Waals surface area contributed by atoms with E-state index in [0.29, 0.717) is 22.2 Å². The second-order valence-corrected chi connectivity index (χ2v) is 7.08. The molecule has 0 aliphatic carbocycles. The number of hydrogen-bond donors (Lipinski definition) is 2. The van der Waals surface area contributed by atoms with Gasteiger partial charge in [0, 0.05) is 43.2 Å². The van der Waals surface area contributed by atoms with Crippen LogP contribution in [0.5, 0.6) is 0 Å². The number of fused-ring (bicyclic) bond motifs is 1. The molecule has 0 aliphatic heterocycles. The highest BCUT2D eigenvalue weighted by Gasteiger charge is 2.33. The topological polar surface area (TPSA) is 119 Å². The number of aromatic nitrogens is 1. The molecule has 170 valence electrons. The lowest BCUT2D eigenvalue weighted by Crippen LogP contribution is -2.30. The Labute approximate surface area is 182 Å². The number of nitro groups is 1. The number of nitrogens with zero attached hydrogens (tertiary/aromatic N) is 2. The van der Waals surface area contributed by atoms with Crippen LogP contribution < -0.4 is 16.4 Å².